The number of carboxylic acids is 2. The molecule has 11 nitrogen and oxygen atoms in total. The van der Waals surface area contributed by atoms with Crippen LogP contribution in [0.5, 0.6) is 11.5 Å². The molecular formula is C47H56ClN3O8S. The van der Waals surface area contributed by atoms with E-state index in [0.29, 0.717) is 54.7 Å². The second kappa shape index (κ2) is 18.5. The summed E-state index contributed by atoms with van der Waals surface area (Å²) in [6.07, 6.45) is 9.14. The van der Waals surface area contributed by atoms with Crippen LogP contribution in [0, 0.1) is 11.8 Å². The Balaban J connectivity index is 1.05. The van der Waals surface area contributed by atoms with Crippen molar-refractivity contribution in [2.24, 2.45) is 11.8 Å². The highest BCUT2D eigenvalue weighted by Gasteiger charge is 2.54. The lowest BCUT2D eigenvalue weighted by atomic mass is 9.59. The van der Waals surface area contributed by atoms with Crippen LogP contribution in [0.1, 0.15) is 99.1 Å². The molecule has 4 aromatic rings. The van der Waals surface area contributed by atoms with Gasteiger partial charge in [0.05, 0.1) is 19.0 Å². The van der Waals surface area contributed by atoms with Crippen molar-refractivity contribution in [3.05, 3.63) is 118 Å². The summed E-state index contributed by atoms with van der Waals surface area (Å²) in [5.74, 6) is -0.00918. The maximum Gasteiger partial charge on any atom is 0.329 e. The Hall–Kier alpha value is -4.65. The smallest absolute Gasteiger partial charge is 0.329 e. The van der Waals surface area contributed by atoms with Gasteiger partial charge in [-0.15, -0.1) is 0 Å². The monoisotopic (exact) mass is 857 g/mol. The maximum absolute atomic E-state index is 13.1. The van der Waals surface area contributed by atoms with Gasteiger partial charge in [-0.05, 0) is 147 Å². The molecule has 1 fully saturated rings. The molecular weight excluding hydrogens is 802 g/mol. The molecule has 1 spiro atoms. The summed E-state index contributed by atoms with van der Waals surface area (Å²) >= 11 is 6.29. The van der Waals surface area contributed by atoms with E-state index in [1.54, 1.807) is 36.4 Å². The zero-order valence-electron chi connectivity index (χ0n) is 34.4. The number of rotatable bonds is 18. The summed E-state index contributed by atoms with van der Waals surface area (Å²) < 4.78 is 41.0. The van der Waals surface area contributed by atoms with Crippen molar-refractivity contribution in [2.75, 3.05) is 24.3 Å². The van der Waals surface area contributed by atoms with E-state index in [1.165, 1.54) is 11.1 Å². The fourth-order valence-electron chi connectivity index (χ4n) is 9.91. The first-order valence-electron chi connectivity index (χ1n) is 21.2. The number of aromatic nitrogens is 1. The van der Waals surface area contributed by atoms with Gasteiger partial charge in [0.25, 0.3) is 0 Å². The summed E-state index contributed by atoms with van der Waals surface area (Å²) in [6.45, 7) is 5.16. The summed E-state index contributed by atoms with van der Waals surface area (Å²) in [6, 6.07) is 22.9. The number of hydrogen-bond donors (Lipinski definition) is 4. The van der Waals surface area contributed by atoms with Gasteiger partial charge >= 0.3 is 11.9 Å². The molecule has 13 heteroatoms. The number of carbonyl (C=O) groups is 2. The Bertz CT molecular complexity index is 2260. The van der Waals surface area contributed by atoms with Gasteiger partial charge in [0.15, 0.2) is 0 Å². The summed E-state index contributed by atoms with van der Waals surface area (Å²) in [5, 5.41) is 24.3. The Morgan fingerprint density at radius 1 is 0.983 bits per heavy atom. The van der Waals surface area contributed by atoms with Crippen molar-refractivity contribution in [1.29, 1.82) is 0 Å². The molecule has 4 N–H and O–H groups in total. The predicted molar refractivity (Wildman–Crippen MR) is 233 cm³/mol. The number of nitrogens with zero attached hydrogens (tertiary/aromatic N) is 1. The van der Waals surface area contributed by atoms with Gasteiger partial charge in [0, 0.05) is 28.2 Å². The van der Waals surface area contributed by atoms with Gasteiger partial charge in [0.2, 0.25) is 10.0 Å². The number of ether oxygens (including phenoxy) is 2. The van der Waals surface area contributed by atoms with E-state index >= 15 is 0 Å². The number of sulfonamides is 1. The molecule has 0 amide bonds. The van der Waals surface area contributed by atoms with E-state index in [4.69, 9.17) is 21.1 Å². The first kappa shape index (κ1) is 43.4. The molecule has 3 aliphatic rings. The number of pyridine rings is 1. The van der Waals surface area contributed by atoms with Crippen LogP contribution in [-0.4, -0.2) is 66.1 Å². The second-order valence-corrected chi connectivity index (χ2v) is 19.5. The zero-order chi connectivity index (χ0) is 42.5. The van der Waals surface area contributed by atoms with Crippen LogP contribution in [0.4, 0.5) is 5.69 Å². The quantitative estimate of drug-likeness (QED) is 0.0713. The number of hydrogen-bond acceptors (Lipinski definition) is 8. The number of benzene rings is 3. The SMILES string of the molecule is C[C@@H](COc1ccnc2c1[C@H](C)CCC2)C[C@H]1Cc2ccc(OCCCS(=O)(=O)N[C@H](Cc3ccccc3)C(=O)O)cc2C12CCC(Nc1cccc(Cl)c1)(C(=O)O)CC2. The number of halogens is 1. The average Bonchev–Trinajstić information content (AvgIpc) is 3.50. The Labute approximate surface area is 358 Å². The third-order valence-electron chi connectivity index (χ3n) is 13.0. The predicted octanol–water partition coefficient (Wildman–Crippen LogP) is 8.58. The van der Waals surface area contributed by atoms with Gasteiger partial charge in [-0.3, -0.25) is 9.78 Å². The highest BCUT2D eigenvalue weighted by molar-refractivity contribution is 7.89. The standard InChI is InChI=1S/C47H56ClN3O8S/c1-31(30-59-42-17-22-49-40-14-6-9-32(2)43(40)42)25-35-27-34-15-16-38(58-23-8-24-60(56,57)51-41(44(52)53)26-33-10-4-3-5-11-33)29-39(34)46(35)18-20-47(21-19-46,45(54)55)50-37-13-7-12-36(48)28-37/h3-5,7,10-13,15-17,22,28-29,31-32,35,41,50-51H,6,8-9,14,18-21,23-27,30H2,1-2H3,(H,52,53)(H,54,55)/t31-,32-,35+,41-,46?,47?/m1/s1. The molecule has 0 aliphatic heterocycles. The highest BCUT2D eigenvalue weighted by Crippen LogP contribution is 2.57. The molecule has 1 heterocycles. The van der Waals surface area contributed by atoms with E-state index < -0.39 is 33.5 Å². The van der Waals surface area contributed by atoms with Crippen LogP contribution in [0.3, 0.4) is 0 Å². The number of anilines is 1. The largest absolute Gasteiger partial charge is 0.494 e. The van der Waals surface area contributed by atoms with Crippen LogP contribution in [0.2, 0.25) is 5.02 Å². The molecule has 0 radical (unpaired) electrons. The van der Waals surface area contributed by atoms with Crippen LogP contribution in [0.25, 0.3) is 0 Å². The molecule has 60 heavy (non-hydrogen) atoms. The maximum atomic E-state index is 13.1. The fraction of sp³-hybridized carbons (Fsp3) is 0.468. The second-order valence-electron chi connectivity index (χ2n) is 17.2. The Kier molecular flexibility index (Phi) is 13.4. The summed E-state index contributed by atoms with van der Waals surface area (Å²) in [7, 11) is -3.91. The molecule has 7 rings (SSSR count). The van der Waals surface area contributed by atoms with E-state index in [0.717, 1.165) is 54.7 Å². The number of carboxylic acid groups (broad SMARTS) is 2. The van der Waals surface area contributed by atoms with Crippen LogP contribution >= 0.6 is 11.6 Å². The molecule has 1 aromatic heterocycles. The van der Waals surface area contributed by atoms with Crippen LogP contribution in [0.15, 0.2) is 85.1 Å². The average molecular weight is 858 g/mol. The fourth-order valence-corrected chi connectivity index (χ4v) is 11.3. The minimum absolute atomic E-state index is 0.0334. The summed E-state index contributed by atoms with van der Waals surface area (Å²) in [5.41, 5.74) is 4.68. The lowest BCUT2D eigenvalue weighted by Crippen LogP contribution is -2.53. The van der Waals surface area contributed by atoms with Crippen molar-refractivity contribution in [2.45, 2.75) is 107 Å². The van der Waals surface area contributed by atoms with Gasteiger partial charge in [-0.25, -0.2) is 17.9 Å². The number of aryl methyl sites for hydroxylation is 1. The Morgan fingerprint density at radius 3 is 2.50 bits per heavy atom. The summed E-state index contributed by atoms with van der Waals surface area (Å²) in [4.78, 5) is 29.6. The normalized spacial score (nSPS) is 23.2. The number of fused-ring (bicyclic) bond motifs is 3. The zero-order valence-corrected chi connectivity index (χ0v) is 35.9. The van der Waals surface area contributed by atoms with Crippen molar-refractivity contribution in [3.8, 4) is 11.5 Å². The van der Waals surface area contributed by atoms with Gasteiger partial charge < -0.3 is 25.0 Å². The molecule has 3 aromatic carbocycles. The minimum atomic E-state index is -3.91. The van der Waals surface area contributed by atoms with Crippen molar-refractivity contribution < 1.29 is 37.7 Å². The molecule has 1 saturated carbocycles. The van der Waals surface area contributed by atoms with E-state index in [1.807, 2.05) is 36.5 Å². The molecule has 320 valence electrons. The van der Waals surface area contributed by atoms with Crippen LogP contribution < -0.4 is 19.5 Å². The third kappa shape index (κ3) is 9.93. The van der Waals surface area contributed by atoms with E-state index in [-0.39, 0.29) is 42.5 Å². The lowest BCUT2D eigenvalue weighted by Gasteiger charge is -2.47. The Morgan fingerprint density at radius 2 is 1.77 bits per heavy atom. The minimum Gasteiger partial charge on any atom is -0.494 e. The van der Waals surface area contributed by atoms with Gasteiger partial charge in [0.1, 0.15) is 23.1 Å². The van der Waals surface area contributed by atoms with Gasteiger partial charge in [-0.2, -0.15) is 0 Å². The third-order valence-corrected chi connectivity index (χ3v) is 14.7. The van der Waals surface area contributed by atoms with E-state index in [9.17, 15) is 28.2 Å². The first-order valence-corrected chi connectivity index (χ1v) is 23.2. The number of nitrogens with one attached hydrogen (secondary N) is 2. The van der Waals surface area contributed by atoms with Crippen LogP contribution in [-0.2, 0) is 44.3 Å². The lowest BCUT2D eigenvalue weighted by molar-refractivity contribution is -0.144. The van der Waals surface area contributed by atoms with E-state index in [2.05, 4.69) is 41.0 Å². The molecule has 0 bridgehead atoms. The van der Waals surface area contributed by atoms with Gasteiger partial charge in [-0.1, -0.05) is 67.9 Å². The first-order chi connectivity index (χ1) is 28.8. The molecule has 3 aliphatic carbocycles. The highest BCUT2D eigenvalue weighted by atomic mass is 35.5. The molecule has 4 atom stereocenters. The topological polar surface area (TPSA) is 164 Å². The molecule has 0 unspecified atom stereocenters. The molecule has 0 saturated heterocycles. The van der Waals surface area contributed by atoms with Crippen molar-refractivity contribution >= 4 is 39.3 Å². The number of aliphatic carboxylic acids is 2. The van der Waals surface area contributed by atoms with Crippen molar-refractivity contribution in [1.82, 2.24) is 9.71 Å². The van der Waals surface area contributed by atoms with Crippen molar-refractivity contribution in [3.63, 3.8) is 0 Å².